The molecule has 0 bridgehead atoms. The molecule has 0 amide bonds. The van der Waals surface area contributed by atoms with Crippen LogP contribution in [0, 0.1) is 6.92 Å². The molecule has 0 spiro atoms. The zero-order valence-corrected chi connectivity index (χ0v) is 13.4. The van der Waals surface area contributed by atoms with Crippen molar-refractivity contribution in [2.24, 2.45) is 0 Å². The second kappa shape index (κ2) is 6.60. The summed E-state index contributed by atoms with van der Waals surface area (Å²) in [6.07, 6.45) is 1.43. The number of benzene rings is 2. The highest BCUT2D eigenvalue weighted by Crippen LogP contribution is 2.46. The predicted octanol–water partition coefficient (Wildman–Crippen LogP) is 4.04. The van der Waals surface area contributed by atoms with E-state index in [1.807, 2.05) is 26.0 Å². The molecule has 2 N–H and O–H groups in total. The Morgan fingerprint density at radius 3 is 2.09 bits per heavy atom. The van der Waals surface area contributed by atoms with Crippen molar-refractivity contribution in [3.05, 3.63) is 35.4 Å². The number of aromatic hydroxyl groups is 2. The first-order valence-corrected chi connectivity index (χ1v) is 7.30. The summed E-state index contributed by atoms with van der Waals surface area (Å²) in [6, 6.07) is 7.06. The van der Waals surface area contributed by atoms with Crippen molar-refractivity contribution in [3.8, 4) is 34.1 Å². The Hall–Kier alpha value is -2.36. The lowest BCUT2D eigenvalue weighted by atomic mass is 9.96. The summed E-state index contributed by atoms with van der Waals surface area (Å²) < 4.78 is 10.9. The molecule has 2 aromatic rings. The summed E-state index contributed by atoms with van der Waals surface area (Å²) in [7, 11) is 3.17. The number of methoxy groups -OCH3 is 2. The van der Waals surface area contributed by atoms with Crippen LogP contribution >= 0.6 is 0 Å². The van der Waals surface area contributed by atoms with Crippen molar-refractivity contribution >= 4 is 0 Å². The molecule has 22 heavy (non-hydrogen) atoms. The van der Waals surface area contributed by atoms with E-state index < -0.39 is 0 Å². The van der Waals surface area contributed by atoms with E-state index in [9.17, 15) is 10.2 Å². The highest BCUT2D eigenvalue weighted by atomic mass is 16.5. The normalized spacial score (nSPS) is 10.5. The first-order valence-electron chi connectivity index (χ1n) is 7.30. The first kappa shape index (κ1) is 16.0. The Labute approximate surface area is 130 Å². The van der Waals surface area contributed by atoms with Gasteiger partial charge in [0, 0.05) is 11.1 Å². The van der Waals surface area contributed by atoms with E-state index in [0.717, 1.165) is 12.0 Å². The maximum absolute atomic E-state index is 10.6. The van der Waals surface area contributed by atoms with Crippen LogP contribution < -0.4 is 9.47 Å². The standard InChI is InChI=1S/C18H22O4/c1-5-6-12-14(19)8-7-13(18(12)20)17-15(21-3)9-11(2)10-16(17)22-4/h7-10,19-20H,5-6H2,1-4H3. The quantitative estimate of drug-likeness (QED) is 0.875. The minimum Gasteiger partial charge on any atom is -0.508 e. The molecular formula is C18H22O4. The van der Waals surface area contributed by atoms with E-state index in [0.29, 0.717) is 34.6 Å². The van der Waals surface area contributed by atoms with Gasteiger partial charge in [0.25, 0.3) is 0 Å². The van der Waals surface area contributed by atoms with Crippen molar-refractivity contribution in [1.82, 2.24) is 0 Å². The molecule has 0 unspecified atom stereocenters. The second-order valence-electron chi connectivity index (χ2n) is 5.25. The van der Waals surface area contributed by atoms with E-state index in [1.165, 1.54) is 0 Å². The molecule has 0 fully saturated rings. The molecule has 0 atom stereocenters. The molecule has 0 aliphatic heterocycles. The maximum Gasteiger partial charge on any atom is 0.130 e. The fourth-order valence-corrected chi connectivity index (χ4v) is 2.63. The van der Waals surface area contributed by atoms with Gasteiger partial charge in [-0.05, 0) is 43.2 Å². The van der Waals surface area contributed by atoms with Gasteiger partial charge in [0.15, 0.2) is 0 Å². The average molecular weight is 302 g/mol. The molecule has 2 rings (SSSR count). The molecule has 118 valence electrons. The molecule has 4 heteroatoms. The van der Waals surface area contributed by atoms with Gasteiger partial charge >= 0.3 is 0 Å². The monoisotopic (exact) mass is 302 g/mol. The molecule has 0 saturated heterocycles. The highest BCUT2D eigenvalue weighted by Gasteiger charge is 2.20. The SMILES string of the molecule is CCCc1c(O)ccc(-c2c(OC)cc(C)cc2OC)c1O. The van der Waals surface area contributed by atoms with Gasteiger partial charge in [0.1, 0.15) is 23.0 Å². The largest absolute Gasteiger partial charge is 0.508 e. The van der Waals surface area contributed by atoms with Gasteiger partial charge in [-0.15, -0.1) is 0 Å². The van der Waals surface area contributed by atoms with Crippen molar-refractivity contribution in [2.75, 3.05) is 14.2 Å². The van der Waals surface area contributed by atoms with Crippen molar-refractivity contribution in [3.63, 3.8) is 0 Å². The summed E-state index contributed by atoms with van der Waals surface area (Å²) in [4.78, 5) is 0. The number of ether oxygens (including phenoxy) is 2. The third-order valence-electron chi connectivity index (χ3n) is 3.68. The summed E-state index contributed by atoms with van der Waals surface area (Å²) in [5.74, 6) is 1.43. The zero-order valence-electron chi connectivity index (χ0n) is 13.4. The molecular weight excluding hydrogens is 280 g/mol. The molecule has 0 aliphatic carbocycles. The Kier molecular flexibility index (Phi) is 4.81. The lowest BCUT2D eigenvalue weighted by Gasteiger charge is -2.17. The maximum atomic E-state index is 10.6. The van der Waals surface area contributed by atoms with Crippen LogP contribution in [0.25, 0.3) is 11.1 Å². The van der Waals surface area contributed by atoms with Gasteiger partial charge in [-0.3, -0.25) is 0 Å². The molecule has 2 aromatic carbocycles. The molecule has 0 radical (unpaired) electrons. The van der Waals surface area contributed by atoms with Gasteiger partial charge < -0.3 is 19.7 Å². The van der Waals surface area contributed by atoms with E-state index in [2.05, 4.69) is 0 Å². The van der Waals surface area contributed by atoms with Crippen LogP contribution in [0.1, 0.15) is 24.5 Å². The Bertz CT molecular complexity index is 652. The lowest BCUT2D eigenvalue weighted by molar-refractivity contribution is 0.395. The number of rotatable bonds is 5. The molecule has 0 heterocycles. The zero-order chi connectivity index (χ0) is 16.3. The minimum atomic E-state index is 0.0716. The lowest BCUT2D eigenvalue weighted by Crippen LogP contribution is -1.96. The van der Waals surface area contributed by atoms with Crippen LogP contribution in [-0.4, -0.2) is 24.4 Å². The van der Waals surface area contributed by atoms with E-state index in [1.54, 1.807) is 26.4 Å². The molecule has 4 nitrogen and oxygen atoms in total. The predicted molar refractivity (Wildman–Crippen MR) is 87.0 cm³/mol. The van der Waals surface area contributed by atoms with Gasteiger partial charge in [-0.1, -0.05) is 13.3 Å². The number of phenolic OH excluding ortho intramolecular Hbond substituents is 2. The van der Waals surface area contributed by atoms with E-state index in [-0.39, 0.29) is 11.5 Å². The summed E-state index contributed by atoms with van der Waals surface area (Å²) >= 11 is 0. The smallest absolute Gasteiger partial charge is 0.130 e. The fraction of sp³-hybridized carbons (Fsp3) is 0.333. The van der Waals surface area contributed by atoms with Crippen LogP contribution in [0.15, 0.2) is 24.3 Å². The molecule has 0 aliphatic rings. The third kappa shape index (κ3) is 2.82. The van der Waals surface area contributed by atoms with Crippen molar-refractivity contribution in [2.45, 2.75) is 26.7 Å². The molecule has 0 saturated carbocycles. The Morgan fingerprint density at radius 1 is 1.00 bits per heavy atom. The Balaban J connectivity index is 2.74. The summed E-state index contributed by atoms with van der Waals surface area (Å²) in [5, 5.41) is 20.6. The van der Waals surface area contributed by atoms with Crippen molar-refractivity contribution in [1.29, 1.82) is 0 Å². The topological polar surface area (TPSA) is 58.9 Å². The fourth-order valence-electron chi connectivity index (χ4n) is 2.63. The number of aryl methyl sites for hydroxylation is 1. The number of hydrogen-bond acceptors (Lipinski definition) is 4. The first-order chi connectivity index (χ1) is 10.5. The van der Waals surface area contributed by atoms with Crippen LogP contribution in [0.5, 0.6) is 23.0 Å². The minimum absolute atomic E-state index is 0.0716. The van der Waals surface area contributed by atoms with Crippen LogP contribution in [0.4, 0.5) is 0 Å². The van der Waals surface area contributed by atoms with Crippen molar-refractivity contribution < 1.29 is 19.7 Å². The van der Waals surface area contributed by atoms with Gasteiger partial charge in [-0.25, -0.2) is 0 Å². The second-order valence-corrected chi connectivity index (χ2v) is 5.25. The third-order valence-corrected chi connectivity index (χ3v) is 3.68. The van der Waals surface area contributed by atoms with Crippen LogP contribution in [0.3, 0.4) is 0 Å². The van der Waals surface area contributed by atoms with Gasteiger partial charge in [0.2, 0.25) is 0 Å². The summed E-state index contributed by atoms with van der Waals surface area (Å²) in [6.45, 7) is 3.95. The van der Waals surface area contributed by atoms with E-state index >= 15 is 0 Å². The van der Waals surface area contributed by atoms with Gasteiger partial charge in [0.05, 0.1) is 19.8 Å². The summed E-state index contributed by atoms with van der Waals surface area (Å²) in [5.41, 5.74) is 2.83. The Morgan fingerprint density at radius 2 is 1.59 bits per heavy atom. The molecule has 0 aromatic heterocycles. The average Bonchev–Trinajstić information content (AvgIpc) is 2.51. The van der Waals surface area contributed by atoms with E-state index in [4.69, 9.17) is 9.47 Å². The highest BCUT2D eigenvalue weighted by molar-refractivity contribution is 5.83. The van der Waals surface area contributed by atoms with Gasteiger partial charge in [-0.2, -0.15) is 0 Å². The number of hydrogen-bond donors (Lipinski definition) is 2. The van der Waals surface area contributed by atoms with Crippen LogP contribution in [-0.2, 0) is 6.42 Å². The number of phenols is 2. The van der Waals surface area contributed by atoms with Crippen LogP contribution in [0.2, 0.25) is 0 Å².